The average Bonchev–Trinajstić information content (AvgIpc) is 3.37. The second kappa shape index (κ2) is 59.4. The molecule has 1 unspecified atom stereocenters. The fraction of sp³-hybridized carbons (Fsp3) is 0.769. The van der Waals surface area contributed by atoms with Gasteiger partial charge >= 0.3 is 17.9 Å². The lowest BCUT2D eigenvalue weighted by molar-refractivity contribution is -0.167. The first-order chi connectivity index (χ1) is 35.0. The van der Waals surface area contributed by atoms with Crippen molar-refractivity contribution >= 4 is 17.9 Å². The van der Waals surface area contributed by atoms with Crippen LogP contribution >= 0.6 is 0 Å². The molecule has 0 heterocycles. The van der Waals surface area contributed by atoms with E-state index < -0.39 is 6.10 Å². The van der Waals surface area contributed by atoms with Gasteiger partial charge in [-0.25, -0.2) is 0 Å². The fourth-order valence-electron chi connectivity index (χ4n) is 8.65. The monoisotopic (exact) mass is 991 g/mol. The summed E-state index contributed by atoms with van der Waals surface area (Å²) >= 11 is 0. The molecule has 0 spiro atoms. The maximum Gasteiger partial charge on any atom is 0.306 e. The molecular formula is C65H114O6. The second-order valence-corrected chi connectivity index (χ2v) is 20.2. The number of ether oxygens (including phenoxy) is 3. The van der Waals surface area contributed by atoms with Gasteiger partial charge in [-0.2, -0.15) is 0 Å². The highest BCUT2D eigenvalue weighted by Crippen LogP contribution is 2.17. The Labute approximate surface area is 440 Å². The minimum absolute atomic E-state index is 0.0960. The number of hydrogen-bond acceptors (Lipinski definition) is 6. The average molecular weight is 992 g/mol. The number of hydrogen-bond donors (Lipinski definition) is 0. The Kier molecular flexibility index (Phi) is 56.8. The molecule has 1 atom stereocenters. The van der Waals surface area contributed by atoms with E-state index in [4.69, 9.17) is 14.2 Å². The summed E-state index contributed by atoms with van der Waals surface area (Å²) in [7, 11) is 0. The number of rotatable bonds is 55. The van der Waals surface area contributed by atoms with E-state index in [1.54, 1.807) is 0 Å². The summed E-state index contributed by atoms with van der Waals surface area (Å²) in [6.07, 6.45) is 76.9. The van der Waals surface area contributed by atoms with Gasteiger partial charge in [0.2, 0.25) is 0 Å². The van der Waals surface area contributed by atoms with E-state index in [2.05, 4.69) is 93.7 Å². The minimum atomic E-state index is -0.800. The molecule has 0 saturated heterocycles. The molecule has 0 aliphatic carbocycles. The molecule has 0 bridgehead atoms. The Morgan fingerprint density at radius 1 is 0.296 bits per heavy atom. The molecule has 6 nitrogen and oxygen atoms in total. The van der Waals surface area contributed by atoms with Gasteiger partial charge in [-0.05, 0) is 83.5 Å². The zero-order valence-corrected chi connectivity index (χ0v) is 47.0. The Balaban J connectivity index is 4.00. The molecular weight excluding hydrogens is 877 g/mol. The third-order valence-electron chi connectivity index (χ3n) is 13.2. The van der Waals surface area contributed by atoms with Crippen molar-refractivity contribution in [2.24, 2.45) is 0 Å². The first kappa shape index (κ1) is 67.8. The van der Waals surface area contributed by atoms with Gasteiger partial charge in [0.15, 0.2) is 6.10 Å². The molecule has 0 aromatic heterocycles. The van der Waals surface area contributed by atoms with Crippen LogP contribution in [0.15, 0.2) is 72.9 Å². The molecule has 6 heteroatoms. The molecule has 0 rings (SSSR count). The van der Waals surface area contributed by atoms with Crippen molar-refractivity contribution in [1.29, 1.82) is 0 Å². The van der Waals surface area contributed by atoms with Crippen molar-refractivity contribution in [3.05, 3.63) is 72.9 Å². The summed E-state index contributed by atoms with van der Waals surface area (Å²) in [5, 5.41) is 0. The standard InChI is InChI=1S/C65H114O6/c1-4-7-10-13-15-17-19-21-23-25-26-27-28-29-30-31-32-33-34-35-36-37-38-40-41-43-45-47-49-52-55-58-64(67)70-61-62(60-69-63(66)57-54-51-12-9-6-3)71-65(68)59-56-53-50-48-46-44-42-39-24-22-20-18-16-14-11-8-5-2/h8,11,16,18,22,24-26,42,44,48,50,62H,4-7,9-10,12-15,17,19-21,23,27-41,43,45-47,49,51-61H2,1-3H3/b11-8-,18-16-,24-22-,26-25-,44-42-,50-48-. The van der Waals surface area contributed by atoms with Crippen molar-refractivity contribution in [3.63, 3.8) is 0 Å². The summed E-state index contributed by atoms with van der Waals surface area (Å²) in [6, 6.07) is 0. The van der Waals surface area contributed by atoms with E-state index >= 15 is 0 Å². The number of carbonyl (C=O) groups is 3. The highest BCUT2D eigenvalue weighted by molar-refractivity contribution is 5.71. The molecule has 0 saturated carbocycles. The maximum atomic E-state index is 12.7. The molecule has 0 aromatic rings. The lowest BCUT2D eigenvalue weighted by Crippen LogP contribution is -2.30. The topological polar surface area (TPSA) is 78.9 Å². The highest BCUT2D eigenvalue weighted by Gasteiger charge is 2.19. The van der Waals surface area contributed by atoms with Gasteiger partial charge in [0.1, 0.15) is 13.2 Å². The van der Waals surface area contributed by atoms with Crippen LogP contribution in [-0.4, -0.2) is 37.2 Å². The van der Waals surface area contributed by atoms with Crippen LogP contribution in [0.3, 0.4) is 0 Å². The predicted octanol–water partition coefficient (Wildman–Crippen LogP) is 20.5. The zero-order chi connectivity index (χ0) is 51.4. The molecule has 0 N–H and O–H groups in total. The SMILES string of the molecule is CC/C=C\C/C=C\C/C=C\C/C=C\C/C=C\CCCC(=O)OC(COC(=O)CCCCCCC)COC(=O)CCCCCCCCCCCCCCCCCCCCC/C=C\CCCCCCCCCC. The van der Waals surface area contributed by atoms with Gasteiger partial charge in [-0.15, -0.1) is 0 Å². The third kappa shape index (κ3) is 57.6. The fourth-order valence-corrected chi connectivity index (χ4v) is 8.65. The van der Waals surface area contributed by atoms with Crippen molar-refractivity contribution in [2.75, 3.05) is 13.2 Å². The van der Waals surface area contributed by atoms with Crippen LogP contribution in [-0.2, 0) is 28.6 Å². The van der Waals surface area contributed by atoms with Crippen molar-refractivity contribution < 1.29 is 28.6 Å². The van der Waals surface area contributed by atoms with E-state index in [1.807, 2.05) is 0 Å². The van der Waals surface area contributed by atoms with Crippen LogP contribution in [0.4, 0.5) is 0 Å². The summed E-state index contributed by atoms with van der Waals surface area (Å²) in [5.74, 6) is -0.962. The Morgan fingerprint density at radius 2 is 0.563 bits per heavy atom. The summed E-state index contributed by atoms with van der Waals surface area (Å²) in [5.41, 5.74) is 0. The number of allylic oxidation sites excluding steroid dienone is 12. The predicted molar refractivity (Wildman–Crippen MR) is 307 cm³/mol. The number of carbonyl (C=O) groups excluding carboxylic acids is 3. The third-order valence-corrected chi connectivity index (χ3v) is 13.2. The van der Waals surface area contributed by atoms with Crippen molar-refractivity contribution in [2.45, 2.75) is 309 Å². The van der Waals surface area contributed by atoms with Gasteiger partial charge in [0, 0.05) is 19.3 Å². The number of unbranched alkanes of at least 4 members (excludes halogenated alkanes) is 32. The quantitative estimate of drug-likeness (QED) is 0.0261. The van der Waals surface area contributed by atoms with Gasteiger partial charge in [-0.3, -0.25) is 14.4 Å². The molecule has 0 aliphatic rings. The van der Waals surface area contributed by atoms with E-state index in [1.165, 1.54) is 173 Å². The zero-order valence-electron chi connectivity index (χ0n) is 47.0. The minimum Gasteiger partial charge on any atom is -0.462 e. The van der Waals surface area contributed by atoms with Crippen molar-refractivity contribution in [3.8, 4) is 0 Å². The van der Waals surface area contributed by atoms with Crippen LogP contribution in [0.2, 0.25) is 0 Å². The molecule has 410 valence electrons. The summed E-state index contributed by atoms with van der Waals surface area (Å²) in [6.45, 7) is 6.41. The molecule has 71 heavy (non-hydrogen) atoms. The van der Waals surface area contributed by atoms with Crippen LogP contribution in [0.1, 0.15) is 303 Å². The Hall–Kier alpha value is -3.15. The normalized spacial score (nSPS) is 12.5. The molecule has 0 amide bonds. The van der Waals surface area contributed by atoms with Crippen LogP contribution in [0, 0.1) is 0 Å². The van der Waals surface area contributed by atoms with Crippen LogP contribution < -0.4 is 0 Å². The molecule has 0 fully saturated rings. The van der Waals surface area contributed by atoms with E-state index in [0.717, 1.165) is 83.5 Å². The van der Waals surface area contributed by atoms with E-state index in [9.17, 15) is 14.4 Å². The Bertz CT molecular complexity index is 1320. The first-order valence-corrected chi connectivity index (χ1v) is 30.4. The lowest BCUT2D eigenvalue weighted by Gasteiger charge is -2.18. The van der Waals surface area contributed by atoms with Gasteiger partial charge in [0.25, 0.3) is 0 Å². The second-order valence-electron chi connectivity index (χ2n) is 20.2. The maximum absolute atomic E-state index is 12.7. The summed E-state index contributed by atoms with van der Waals surface area (Å²) < 4.78 is 16.7. The Morgan fingerprint density at radius 3 is 0.915 bits per heavy atom. The smallest absolute Gasteiger partial charge is 0.306 e. The van der Waals surface area contributed by atoms with Crippen molar-refractivity contribution in [1.82, 2.24) is 0 Å². The first-order valence-electron chi connectivity index (χ1n) is 30.4. The van der Waals surface area contributed by atoms with Gasteiger partial charge < -0.3 is 14.2 Å². The van der Waals surface area contributed by atoms with E-state index in [-0.39, 0.29) is 37.5 Å². The van der Waals surface area contributed by atoms with Gasteiger partial charge in [0.05, 0.1) is 0 Å². The lowest BCUT2D eigenvalue weighted by atomic mass is 10.0. The van der Waals surface area contributed by atoms with Crippen LogP contribution in [0.25, 0.3) is 0 Å². The largest absolute Gasteiger partial charge is 0.462 e. The highest BCUT2D eigenvalue weighted by atomic mass is 16.6. The summed E-state index contributed by atoms with van der Waals surface area (Å²) in [4.78, 5) is 37.8. The molecule has 0 aliphatic heterocycles. The molecule has 0 aromatic carbocycles. The van der Waals surface area contributed by atoms with Gasteiger partial charge in [-0.1, -0.05) is 273 Å². The van der Waals surface area contributed by atoms with Crippen LogP contribution in [0.5, 0.6) is 0 Å². The number of esters is 3. The van der Waals surface area contributed by atoms with E-state index in [0.29, 0.717) is 19.3 Å². The molecule has 0 radical (unpaired) electrons.